The first-order valence-corrected chi connectivity index (χ1v) is 5.23. The Labute approximate surface area is 102 Å². The van der Waals surface area contributed by atoms with Crippen LogP contribution in [0.2, 0.25) is 0 Å². The second kappa shape index (κ2) is 5.61. The Kier molecular flexibility index (Phi) is 3.91. The van der Waals surface area contributed by atoms with E-state index in [-0.39, 0.29) is 11.8 Å². The Balaban J connectivity index is 2.17. The summed E-state index contributed by atoms with van der Waals surface area (Å²) in [4.78, 5) is 0. The first-order chi connectivity index (χ1) is 8.70. The molecular formula is C12H12F2N2O2. The lowest BCUT2D eigenvalue weighted by molar-refractivity contribution is -0.0498. The predicted molar refractivity (Wildman–Crippen MR) is 60.9 cm³/mol. The van der Waals surface area contributed by atoms with Gasteiger partial charge in [-0.15, -0.1) is 0 Å². The molecule has 0 aliphatic carbocycles. The second-order valence-electron chi connectivity index (χ2n) is 3.60. The minimum atomic E-state index is -2.83. The van der Waals surface area contributed by atoms with Crippen molar-refractivity contribution in [2.24, 2.45) is 5.84 Å². The van der Waals surface area contributed by atoms with Crippen molar-refractivity contribution in [2.75, 3.05) is 0 Å². The van der Waals surface area contributed by atoms with Crippen LogP contribution in [-0.4, -0.2) is 6.61 Å². The van der Waals surface area contributed by atoms with Crippen molar-refractivity contribution in [3.05, 3.63) is 54.0 Å². The molecular weight excluding hydrogens is 242 g/mol. The molecule has 18 heavy (non-hydrogen) atoms. The van der Waals surface area contributed by atoms with Crippen LogP contribution < -0.4 is 16.0 Å². The van der Waals surface area contributed by atoms with E-state index in [9.17, 15) is 8.78 Å². The van der Waals surface area contributed by atoms with Crippen LogP contribution in [-0.2, 0) is 0 Å². The van der Waals surface area contributed by atoms with Gasteiger partial charge < -0.3 is 9.15 Å². The lowest BCUT2D eigenvalue weighted by Gasteiger charge is -2.15. The normalized spacial score (nSPS) is 12.7. The summed E-state index contributed by atoms with van der Waals surface area (Å²) in [7, 11) is 0. The summed E-state index contributed by atoms with van der Waals surface area (Å²) in [5.74, 6) is 5.58. The van der Waals surface area contributed by atoms with Crippen LogP contribution >= 0.6 is 0 Å². The number of furan rings is 1. The summed E-state index contributed by atoms with van der Waals surface area (Å²) in [5.41, 5.74) is 4.30. The van der Waals surface area contributed by atoms with E-state index < -0.39 is 6.61 Å². The van der Waals surface area contributed by atoms with Gasteiger partial charge in [-0.1, -0.05) is 12.1 Å². The van der Waals surface area contributed by atoms with Crippen LogP contribution in [0.15, 0.2) is 47.3 Å². The topological polar surface area (TPSA) is 60.4 Å². The van der Waals surface area contributed by atoms with Gasteiger partial charge in [0.15, 0.2) is 0 Å². The van der Waals surface area contributed by atoms with E-state index in [1.165, 1.54) is 18.4 Å². The standard InChI is InChI=1S/C12H12F2N2O2/c13-12(14)18-10-3-1-8(2-4-10)11(16-15)9-5-6-17-7-9/h1-7,11-12,16H,15H2. The summed E-state index contributed by atoms with van der Waals surface area (Å²) in [6.45, 7) is -2.83. The highest BCUT2D eigenvalue weighted by Gasteiger charge is 2.13. The van der Waals surface area contributed by atoms with E-state index >= 15 is 0 Å². The molecule has 0 aliphatic heterocycles. The van der Waals surface area contributed by atoms with Gasteiger partial charge in [0.2, 0.25) is 0 Å². The van der Waals surface area contributed by atoms with E-state index in [4.69, 9.17) is 10.3 Å². The van der Waals surface area contributed by atoms with Crippen molar-refractivity contribution >= 4 is 0 Å². The fourth-order valence-corrected chi connectivity index (χ4v) is 1.67. The van der Waals surface area contributed by atoms with Crippen LogP contribution in [0, 0.1) is 0 Å². The zero-order chi connectivity index (χ0) is 13.0. The Morgan fingerprint density at radius 2 is 1.83 bits per heavy atom. The Bertz CT molecular complexity index is 471. The molecule has 0 fully saturated rings. The molecule has 1 aromatic carbocycles. The van der Waals surface area contributed by atoms with Gasteiger partial charge in [0.1, 0.15) is 5.75 Å². The average molecular weight is 254 g/mol. The molecule has 1 unspecified atom stereocenters. The third-order valence-electron chi connectivity index (χ3n) is 2.48. The molecule has 0 spiro atoms. The minimum Gasteiger partial charge on any atom is -0.472 e. The van der Waals surface area contributed by atoms with E-state index in [0.717, 1.165) is 11.1 Å². The molecule has 0 saturated heterocycles. The summed E-state index contributed by atoms with van der Waals surface area (Å²) in [6.07, 6.45) is 3.10. The van der Waals surface area contributed by atoms with Crippen LogP contribution in [0.4, 0.5) is 8.78 Å². The Morgan fingerprint density at radius 1 is 1.11 bits per heavy atom. The fraction of sp³-hybridized carbons (Fsp3) is 0.167. The molecule has 4 nitrogen and oxygen atoms in total. The number of nitrogens with one attached hydrogen (secondary N) is 1. The number of alkyl halides is 2. The van der Waals surface area contributed by atoms with Crippen molar-refractivity contribution in [2.45, 2.75) is 12.7 Å². The molecule has 0 saturated carbocycles. The van der Waals surface area contributed by atoms with Crippen molar-refractivity contribution < 1.29 is 17.9 Å². The maximum atomic E-state index is 12.0. The van der Waals surface area contributed by atoms with Gasteiger partial charge in [-0.3, -0.25) is 5.84 Å². The first-order valence-electron chi connectivity index (χ1n) is 5.23. The molecule has 0 aliphatic rings. The van der Waals surface area contributed by atoms with E-state index in [1.54, 1.807) is 24.5 Å². The Morgan fingerprint density at radius 3 is 2.33 bits per heavy atom. The largest absolute Gasteiger partial charge is 0.472 e. The number of ether oxygens (including phenoxy) is 1. The summed E-state index contributed by atoms with van der Waals surface area (Å²) in [6, 6.07) is 7.76. The SMILES string of the molecule is NNC(c1ccc(OC(F)F)cc1)c1ccoc1. The molecule has 0 radical (unpaired) electrons. The van der Waals surface area contributed by atoms with Gasteiger partial charge in [0, 0.05) is 5.56 Å². The second-order valence-corrected chi connectivity index (χ2v) is 3.60. The maximum absolute atomic E-state index is 12.0. The van der Waals surface area contributed by atoms with Crippen molar-refractivity contribution in [1.29, 1.82) is 0 Å². The van der Waals surface area contributed by atoms with Crippen LogP contribution in [0.3, 0.4) is 0 Å². The molecule has 1 atom stereocenters. The zero-order valence-corrected chi connectivity index (χ0v) is 9.35. The zero-order valence-electron chi connectivity index (χ0n) is 9.35. The average Bonchev–Trinajstić information content (AvgIpc) is 2.85. The number of hydrazine groups is 1. The van der Waals surface area contributed by atoms with Gasteiger partial charge in [-0.25, -0.2) is 5.43 Å². The van der Waals surface area contributed by atoms with Crippen LogP contribution in [0.25, 0.3) is 0 Å². The number of rotatable bonds is 5. The fourth-order valence-electron chi connectivity index (χ4n) is 1.67. The van der Waals surface area contributed by atoms with E-state index in [1.807, 2.05) is 0 Å². The first kappa shape index (κ1) is 12.5. The van der Waals surface area contributed by atoms with Gasteiger partial charge in [-0.2, -0.15) is 8.78 Å². The predicted octanol–water partition coefficient (Wildman–Crippen LogP) is 2.43. The molecule has 1 aromatic heterocycles. The van der Waals surface area contributed by atoms with Gasteiger partial charge in [0.05, 0.1) is 18.6 Å². The monoisotopic (exact) mass is 254 g/mol. The molecule has 3 N–H and O–H groups in total. The van der Waals surface area contributed by atoms with E-state index in [2.05, 4.69) is 10.2 Å². The summed E-state index contributed by atoms with van der Waals surface area (Å²) in [5, 5.41) is 0. The number of hydrogen-bond donors (Lipinski definition) is 2. The molecule has 2 aromatic rings. The highest BCUT2D eigenvalue weighted by molar-refractivity contribution is 5.34. The van der Waals surface area contributed by atoms with Gasteiger partial charge in [-0.05, 0) is 23.8 Å². The minimum absolute atomic E-state index is 0.108. The van der Waals surface area contributed by atoms with Crippen molar-refractivity contribution in [1.82, 2.24) is 5.43 Å². The van der Waals surface area contributed by atoms with Crippen LogP contribution in [0.1, 0.15) is 17.2 Å². The number of nitrogens with two attached hydrogens (primary N) is 1. The Hall–Kier alpha value is -1.92. The third-order valence-corrected chi connectivity index (χ3v) is 2.48. The molecule has 6 heteroatoms. The van der Waals surface area contributed by atoms with Gasteiger partial charge >= 0.3 is 6.61 Å². The summed E-state index contributed by atoms with van der Waals surface area (Å²) >= 11 is 0. The molecule has 0 amide bonds. The highest BCUT2D eigenvalue weighted by Crippen LogP contribution is 2.24. The lowest BCUT2D eigenvalue weighted by atomic mass is 10.0. The molecule has 0 bridgehead atoms. The van der Waals surface area contributed by atoms with Crippen molar-refractivity contribution in [3.63, 3.8) is 0 Å². The maximum Gasteiger partial charge on any atom is 0.387 e. The molecule has 96 valence electrons. The smallest absolute Gasteiger partial charge is 0.387 e. The molecule has 2 rings (SSSR count). The molecule has 1 heterocycles. The van der Waals surface area contributed by atoms with Crippen LogP contribution in [0.5, 0.6) is 5.75 Å². The summed E-state index contributed by atoms with van der Waals surface area (Å²) < 4.78 is 33.2. The number of benzene rings is 1. The number of halogens is 2. The van der Waals surface area contributed by atoms with Crippen molar-refractivity contribution in [3.8, 4) is 5.75 Å². The number of hydrogen-bond acceptors (Lipinski definition) is 4. The third kappa shape index (κ3) is 2.85. The quantitative estimate of drug-likeness (QED) is 0.635. The highest BCUT2D eigenvalue weighted by atomic mass is 19.3. The van der Waals surface area contributed by atoms with Gasteiger partial charge in [0.25, 0.3) is 0 Å². The van der Waals surface area contributed by atoms with E-state index in [0.29, 0.717) is 0 Å². The lowest BCUT2D eigenvalue weighted by Crippen LogP contribution is -2.28.